The van der Waals surface area contributed by atoms with Gasteiger partial charge in [-0.05, 0) is 60.2 Å². The van der Waals surface area contributed by atoms with Gasteiger partial charge in [-0.2, -0.15) is 4.31 Å². The monoisotopic (exact) mass is 630 g/mol. The lowest BCUT2D eigenvalue weighted by molar-refractivity contribution is -0.146. The Morgan fingerprint density at radius 1 is 1.13 bits per heavy atom. The van der Waals surface area contributed by atoms with E-state index in [1.165, 1.54) is 19.2 Å². The summed E-state index contributed by atoms with van der Waals surface area (Å²) in [5, 5.41) is 12.4. The number of H-pyrrole nitrogens is 1. The second-order valence-electron chi connectivity index (χ2n) is 10.2. The predicted octanol–water partition coefficient (Wildman–Crippen LogP) is 3.28. The molecular formula is C33H34N4O7S. The third-order valence-corrected chi connectivity index (χ3v) is 9.25. The number of sulfonamides is 1. The standard InChI is InChI=1S/C33H34N4O7S/c1-3-23-8-10-24(11-9-23)25-20-30(33(39)34-22-31-35-28-6-4-5-7-29(28)36-31)44-32(21-25)43-19-17-37(16-18-38)45(40,41)27-14-12-26(42-2)13-15-27/h1,4-15,20,25,32,38H,16-19,21-22H2,2H3,(H,34,39)(H,35,36)/t25-,32+/m0/s1. The molecule has 234 valence electrons. The van der Waals surface area contributed by atoms with E-state index < -0.39 is 22.2 Å². The molecule has 1 aliphatic heterocycles. The number of rotatable bonds is 13. The second kappa shape index (κ2) is 14.4. The van der Waals surface area contributed by atoms with Crippen molar-refractivity contribution in [2.24, 2.45) is 0 Å². The minimum atomic E-state index is -3.92. The zero-order valence-corrected chi connectivity index (χ0v) is 25.5. The van der Waals surface area contributed by atoms with Gasteiger partial charge in [0.25, 0.3) is 5.91 Å². The van der Waals surface area contributed by atoms with Gasteiger partial charge in [0.1, 0.15) is 11.6 Å². The van der Waals surface area contributed by atoms with Crippen molar-refractivity contribution in [2.45, 2.75) is 30.1 Å². The summed E-state index contributed by atoms with van der Waals surface area (Å²) in [4.78, 5) is 21.0. The zero-order chi connectivity index (χ0) is 31.8. The third kappa shape index (κ3) is 7.71. The summed E-state index contributed by atoms with van der Waals surface area (Å²) in [6.07, 6.45) is 6.79. The number of carbonyl (C=O) groups is 1. The number of hydrogen-bond acceptors (Lipinski definition) is 8. The van der Waals surface area contributed by atoms with E-state index in [2.05, 4.69) is 21.2 Å². The van der Waals surface area contributed by atoms with Crippen molar-refractivity contribution in [1.29, 1.82) is 0 Å². The van der Waals surface area contributed by atoms with Gasteiger partial charge in [-0.1, -0.05) is 30.2 Å². The quantitative estimate of drug-likeness (QED) is 0.191. The second-order valence-corrected chi connectivity index (χ2v) is 12.2. The summed E-state index contributed by atoms with van der Waals surface area (Å²) in [7, 11) is -2.43. The number of aromatic amines is 1. The fourth-order valence-electron chi connectivity index (χ4n) is 4.96. The third-order valence-electron chi connectivity index (χ3n) is 7.33. The molecule has 0 saturated carbocycles. The zero-order valence-electron chi connectivity index (χ0n) is 24.7. The Bertz CT molecular complexity index is 1760. The molecule has 45 heavy (non-hydrogen) atoms. The molecule has 0 fully saturated rings. The number of benzene rings is 3. The average Bonchev–Trinajstić information content (AvgIpc) is 3.50. The summed E-state index contributed by atoms with van der Waals surface area (Å²) in [5.41, 5.74) is 3.30. The van der Waals surface area contributed by atoms with Crippen LogP contribution in [0.2, 0.25) is 0 Å². The van der Waals surface area contributed by atoms with Crippen LogP contribution in [0.25, 0.3) is 11.0 Å². The maximum Gasteiger partial charge on any atom is 0.286 e. The number of amides is 1. The summed E-state index contributed by atoms with van der Waals surface area (Å²) in [6.45, 7) is -0.434. The van der Waals surface area contributed by atoms with Crippen LogP contribution in [0.15, 0.2) is 89.5 Å². The largest absolute Gasteiger partial charge is 0.497 e. The molecule has 3 aromatic carbocycles. The SMILES string of the molecule is C#Cc1ccc([C@H]2C=C(C(=O)NCc3nc4ccccc4[nH]3)O[C@@H](OCCN(CCO)S(=O)(=O)c3ccc(OC)cc3)C2)cc1. The Morgan fingerprint density at radius 3 is 2.58 bits per heavy atom. The van der Waals surface area contributed by atoms with Crippen LogP contribution in [-0.4, -0.2) is 73.4 Å². The van der Waals surface area contributed by atoms with Crippen molar-refractivity contribution < 1.29 is 32.5 Å². The minimum Gasteiger partial charge on any atom is -0.497 e. The fourth-order valence-corrected chi connectivity index (χ4v) is 6.38. The number of carbonyl (C=O) groups excluding carboxylic acids is 1. The Hall–Kier alpha value is -4.67. The van der Waals surface area contributed by atoms with Crippen LogP contribution in [0.5, 0.6) is 5.75 Å². The summed E-state index contributed by atoms with van der Waals surface area (Å²) in [6, 6.07) is 21.0. The molecule has 0 bridgehead atoms. The van der Waals surface area contributed by atoms with Crippen LogP contribution >= 0.6 is 0 Å². The molecule has 5 rings (SSSR count). The molecule has 12 heteroatoms. The highest BCUT2D eigenvalue weighted by Gasteiger charge is 2.30. The number of nitrogens with zero attached hydrogens (tertiary/aromatic N) is 2. The lowest BCUT2D eigenvalue weighted by Crippen LogP contribution is -2.38. The number of hydrogen-bond donors (Lipinski definition) is 3. The number of methoxy groups -OCH3 is 1. The highest BCUT2D eigenvalue weighted by atomic mass is 32.2. The van der Waals surface area contributed by atoms with E-state index in [-0.39, 0.29) is 49.4 Å². The van der Waals surface area contributed by atoms with Gasteiger partial charge in [0, 0.05) is 31.0 Å². The summed E-state index contributed by atoms with van der Waals surface area (Å²) >= 11 is 0. The Kier molecular flexibility index (Phi) is 10.2. The molecule has 11 nitrogen and oxygen atoms in total. The van der Waals surface area contributed by atoms with Crippen LogP contribution in [0.4, 0.5) is 0 Å². The molecule has 2 atom stereocenters. The van der Waals surface area contributed by atoms with Gasteiger partial charge in [-0.25, -0.2) is 13.4 Å². The van der Waals surface area contributed by atoms with E-state index in [1.807, 2.05) is 48.5 Å². The minimum absolute atomic E-state index is 0.0450. The number of para-hydroxylation sites is 2. The van der Waals surface area contributed by atoms with E-state index >= 15 is 0 Å². The van der Waals surface area contributed by atoms with Gasteiger partial charge in [0.2, 0.25) is 16.3 Å². The Balaban J connectivity index is 1.28. The molecule has 3 N–H and O–H groups in total. The number of imidazole rings is 1. The molecule has 0 spiro atoms. The number of nitrogens with one attached hydrogen (secondary N) is 2. The molecule has 4 aromatic rings. The van der Waals surface area contributed by atoms with Gasteiger partial charge >= 0.3 is 0 Å². The lowest BCUT2D eigenvalue weighted by atomic mass is 9.92. The highest BCUT2D eigenvalue weighted by molar-refractivity contribution is 7.89. The van der Waals surface area contributed by atoms with Crippen molar-refractivity contribution in [3.63, 3.8) is 0 Å². The molecule has 2 heterocycles. The topological polar surface area (TPSA) is 143 Å². The van der Waals surface area contributed by atoms with Crippen LogP contribution in [0, 0.1) is 12.3 Å². The molecule has 1 aromatic heterocycles. The number of aliphatic hydroxyl groups is 1. The molecule has 0 saturated heterocycles. The van der Waals surface area contributed by atoms with E-state index in [9.17, 15) is 18.3 Å². The summed E-state index contributed by atoms with van der Waals surface area (Å²) < 4.78 is 44.8. The van der Waals surface area contributed by atoms with Gasteiger partial charge in [0.05, 0.1) is 42.8 Å². The molecule has 1 aliphatic rings. The molecule has 0 radical (unpaired) electrons. The van der Waals surface area contributed by atoms with Crippen LogP contribution in [0.3, 0.4) is 0 Å². The first-order valence-corrected chi connectivity index (χ1v) is 15.8. The molecule has 0 aliphatic carbocycles. The molecular weight excluding hydrogens is 596 g/mol. The van der Waals surface area contributed by atoms with Gasteiger partial charge in [-0.3, -0.25) is 4.79 Å². The first-order chi connectivity index (χ1) is 21.8. The smallest absolute Gasteiger partial charge is 0.286 e. The number of ether oxygens (including phenoxy) is 3. The summed E-state index contributed by atoms with van der Waals surface area (Å²) in [5.74, 6) is 3.11. The van der Waals surface area contributed by atoms with Crippen molar-refractivity contribution in [2.75, 3.05) is 33.4 Å². The van der Waals surface area contributed by atoms with E-state index in [1.54, 1.807) is 18.2 Å². The van der Waals surface area contributed by atoms with Crippen LogP contribution in [-0.2, 0) is 30.8 Å². The van der Waals surface area contributed by atoms with E-state index in [4.69, 9.17) is 20.6 Å². The predicted molar refractivity (Wildman–Crippen MR) is 167 cm³/mol. The average molecular weight is 631 g/mol. The maximum atomic E-state index is 13.3. The first-order valence-electron chi connectivity index (χ1n) is 14.3. The van der Waals surface area contributed by atoms with Crippen molar-refractivity contribution in [1.82, 2.24) is 19.6 Å². The van der Waals surface area contributed by atoms with Crippen LogP contribution < -0.4 is 10.1 Å². The van der Waals surface area contributed by atoms with Crippen molar-refractivity contribution in [3.8, 4) is 18.1 Å². The fraction of sp³-hybridized carbons (Fsp3) is 0.273. The van der Waals surface area contributed by atoms with Gasteiger partial charge < -0.3 is 29.6 Å². The lowest BCUT2D eigenvalue weighted by Gasteiger charge is -2.30. The number of allylic oxidation sites excluding steroid dienone is 1. The number of fused-ring (bicyclic) bond motifs is 1. The van der Waals surface area contributed by atoms with Crippen LogP contribution in [0.1, 0.15) is 29.3 Å². The Labute approximate surface area is 261 Å². The van der Waals surface area contributed by atoms with E-state index in [0.717, 1.165) is 26.5 Å². The highest BCUT2D eigenvalue weighted by Crippen LogP contribution is 2.32. The van der Waals surface area contributed by atoms with Crippen molar-refractivity contribution in [3.05, 3.63) is 102 Å². The van der Waals surface area contributed by atoms with E-state index in [0.29, 0.717) is 18.0 Å². The van der Waals surface area contributed by atoms with Gasteiger partial charge in [0.15, 0.2) is 5.76 Å². The molecule has 0 unspecified atom stereocenters. The number of terminal acetylenes is 1. The first kappa shape index (κ1) is 31.7. The van der Waals surface area contributed by atoms with Crippen molar-refractivity contribution >= 4 is 27.0 Å². The normalized spacial score (nSPS) is 16.5. The number of aromatic nitrogens is 2. The molecule has 1 amide bonds. The maximum absolute atomic E-state index is 13.3. The van der Waals surface area contributed by atoms with Gasteiger partial charge in [-0.15, -0.1) is 6.42 Å². The number of aliphatic hydroxyl groups excluding tert-OH is 1. The Morgan fingerprint density at radius 2 is 1.89 bits per heavy atom.